The quantitative estimate of drug-likeness (QED) is 0.543. The fourth-order valence-corrected chi connectivity index (χ4v) is 2.25. The Balaban J connectivity index is 2.05. The molecular formula is C16H12Br2O3. The minimum absolute atomic E-state index is 0.229. The number of carbonyl (C=O) groups is 2. The third-order valence-electron chi connectivity index (χ3n) is 2.86. The van der Waals surface area contributed by atoms with Crippen molar-refractivity contribution in [2.45, 2.75) is 13.0 Å². The molecule has 3 nitrogen and oxygen atoms in total. The van der Waals surface area contributed by atoms with Gasteiger partial charge < -0.3 is 4.74 Å². The van der Waals surface area contributed by atoms with Gasteiger partial charge >= 0.3 is 5.97 Å². The molecule has 0 bridgehead atoms. The molecule has 2 rings (SSSR count). The number of halogens is 2. The van der Waals surface area contributed by atoms with Crippen molar-refractivity contribution in [1.29, 1.82) is 0 Å². The summed E-state index contributed by atoms with van der Waals surface area (Å²) in [7, 11) is 0. The normalized spacial score (nSPS) is 11.8. The van der Waals surface area contributed by atoms with E-state index in [1.165, 1.54) is 0 Å². The number of Topliss-reactive ketones (excluding diaryl/α,β-unsaturated/α-hetero) is 1. The largest absolute Gasteiger partial charge is 0.451 e. The van der Waals surface area contributed by atoms with E-state index >= 15 is 0 Å². The summed E-state index contributed by atoms with van der Waals surface area (Å²) in [5.74, 6) is -0.742. The maximum atomic E-state index is 12.2. The number of ether oxygens (including phenoxy) is 1. The molecule has 0 unspecified atom stereocenters. The van der Waals surface area contributed by atoms with Crippen LogP contribution in [0.15, 0.2) is 57.5 Å². The minimum atomic E-state index is -0.831. The maximum absolute atomic E-state index is 12.2. The summed E-state index contributed by atoms with van der Waals surface area (Å²) in [5.41, 5.74) is 0.919. The second kappa shape index (κ2) is 7.00. The van der Waals surface area contributed by atoms with Gasteiger partial charge in [0, 0.05) is 14.5 Å². The Bertz CT molecular complexity index is 648. The number of hydrogen-bond donors (Lipinski definition) is 0. The average Bonchev–Trinajstić information content (AvgIpc) is 2.47. The lowest BCUT2D eigenvalue weighted by Crippen LogP contribution is -2.24. The predicted octanol–water partition coefficient (Wildman–Crippen LogP) is 4.64. The molecule has 0 saturated carbocycles. The molecule has 0 aliphatic rings. The summed E-state index contributed by atoms with van der Waals surface area (Å²) < 4.78 is 6.97. The first kappa shape index (κ1) is 15.9. The third kappa shape index (κ3) is 4.25. The van der Waals surface area contributed by atoms with Gasteiger partial charge in [0.15, 0.2) is 6.10 Å². The lowest BCUT2D eigenvalue weighted by atomic mass is 10.1. The molecule has 0 amide bonds. The van der Waals surface area contributed by atoms with Crippen LogP contribution in [0.5, 0.6) is 0 Å². The Morgan fingerprint density at radius 1 is 0.857 bits per heavy atom. The summed E-state index contributed by atoms with van der Waals surface area (Å²) in [6, 6.07) is 13.7. The summed E-state index contributed by atoms with van der Waals surface area (Å²) in [6.45, 7) is 1.57. The van der Waals surface area contributed by atoms with Crippen LogP contribution in [0.1, 0.15) is 27.6 Å². The van der Waals surface area contributed by atoms with Crippen LogP contribution in [-0.4, -0.2) is 17.9 Å². The van der Waals surface area contributed by atoms with E-state index in [9.17, 15) is 9.59 Å². The fourth-order valence-electron chi connectivity index (χ4n) is 1.72. The molecule has 21 heavy (non-hydrogen) atoms. The molecule has 5 heteroatoms. The van der Waals surface area contributed by atoms with E-state index in [1.54, 1.807) is 55.5 Å². The van der Waals surface area contributed by atoms with Gasteiger partial charge in [-0.1, -0.05) is 44.0 Å². The monoisotopic (exact) mass is 410 g/mol. The van der Waals surface area contributed by atoms with Gasteiger partial charge in [-0.25, -0.2) is 4.79 Å². The van der Waals surface area contributed by atoms with E-state index in [0.29, 0.717) is 11.1 Å². The van der Waals surface area contributed by atoms with Gasteiger partial charge in [0.25, 0.3) is 0 Å². The number of esters is 1. The Morgan fingerprint density at radius 3 is 1.76 bits per heavy atom. The zero-order chi connectivity index (χ0) is 15.4. The second-order valence-electron chi connectivity index (χ2n) is 4.43. The molecular weight excluding hydrogens is 400 g/mol. The molecule has 0 fully saturated rings. The number of rotatable bonds is 4. The molecule has 0 spiro atoms. The van der Waals surface area contributed by atoms with Crippen molar-refractivity contribution in [2.75, 3.05) is 0 Å². The van der Waals surface area contributed by atoms with Crippen LogP contribution < -0.4 is 0 Å². The first-order valence-corrected chi connectivity index (χ1v) is 7.82. The summed E-state index contributed by atoms with van der Waals surface area (Å²) >= 11 is 6.60. The van der Waals surface area contributed by atoms with E-state index in [4.69, 9.17) is 4.74 Å². The van der Waals surface area contributed by atoms with Crippen molar-refractivity contribution in [1.82, 2.24) is 0 Å². The SMILES string of the molecule is C[C@@H](OC(=O)c1ccc(Br)cc1)C(=O)c1ccc(Br)cc1. The van der Waals surface area contributed by atoms with E-state index < -0.39 is 12.1 Å². The highest BCUT2D eigenvalue weighted by Crippen LogP contribution is 2.15. The predicted molar refractivity (Wildman–Crippen MR) is 87.5 cm³/mol. The lowest BCUT2D eigenvalue weighted by Gasteiger charge is -2.12. The van der Waals surface area contributed by atoms with Crippen LogP contribution in [-0.2, 0) is 4.74 Å². The summed E-state index contributed by atoms with van der Waals surface area (Å²) in [4.78, 5) is 24.1. The third-order valence-corrected chi connectivity index (χ3v) is 3.92. The van der Waals surface area contributed by atoms with Gasteiger partial charge in [-0.3, -0.25) is 4.79 Å². The minimum Gasteiger partial charge on any atom is -0.451 e. The maximum Gasteiger partial charge on any atom is 0.338 e. The molecule has 2 aromatic carbocycles. The molecule has 0 heterocycles. The van der Waals surface area contributed by atoms with Crippen LogP contribution in [0.4, 0.5) is 0 Å². The lowest BCUT2D eigenvalue weighted by molar-refractivity contribution is 0.0319. The Kier molecular flexibility index (Phi) is 5.31. The number of ketones is 1. The summed E-state index contributed by atoms with van der Waals surface area (Å²) in [5, 5.41) is 0. The van der Waals surface area contributed by atoms with Gasteiger partial charge in [-0.15, -0.1) is 0 Å². The van der Waals surface area contributed by atoms with E-state index in [0.717, 1.165) is 8.95 Å². The molecule has 2 aromatic rings. The van der Waals surface area contributed by atoms with Crippen LogP contribution in [0.3, 0.4) is 0 Å². The zero-order valence-corrected chi connectivity index (χ0v) is 14.3. The van der Waals surface area contributed by atoms with Crippen molar-refractivity contribution in [3.05, 3.63) is 68.6 Å². The van der Waals surface area contributed by atoms with Crippen molar-refractivity contribution in [2.24, 2.45) is 0 Å². The van der Waals surface area contributed by atoms with Gasteiger partial charge in [-0.2, -0.15) is 0 Å². The Morgan fingerprint density at radius 2 is 1.29 bits per heavy atom. The Hall–Kier alpha value is -1.46. The average molecular weight is 412 g/mol. The van der Waals surface area contributed by atoms with Crippen molar-refractivity contribution < 1.29 is 14.3 Å². The van der Waals surface area contributed by atoms with Crippen LogP contribution in [0.2, 0.25) is 0 Å². The molecule has 0 aliphatic carbocycles. The summed E-state index contributed by atoms with van der Waals surface area (Å²) in [6.07, 6.45) is -0.831. The molecule has 1 atom stereocenters. The molecule has 0 radical (unpaired) electrons. The van der Waals surface area contributed by atoms with Crippen molar-refractivity contribution in [3.63, 3.8) is 0 Å². The number of benzene rings is 2. The second-order valence-corrected chi connectivity index (χ2v) is 6.26. The highest BCUT2D eigenvalue weighted by Gasteiger charge is 2.20. The van der Waals surface area contributed by atoms with Crippen LogP contribution in [0.25, 0.3) is 0 Å². The smallest absolute Gasteiger partial charge is 0.338 e. The van der Waals surface area contributed by atoms with Gasteiger partial charge in [0.1, 0.15) is 0 Å². The first-order valence-electron chi connectivity index (χ1n) is 6.23. The number of hydrogen-bond acceptors (Lipinski definition) is 3. The topological polar surface area (TPSA) is 43.4 Å². The highest BCUT2D eigenvalue weighted by atomic mass is 79.9. The van der Waals surface area contributed by atoms with Gasteiger partial charge in [0.05, 0.1) is 5.56 Å². The molecule has 108 valence electrons. The molecule has 0 saturated heterocycles. The van der Waals surface area contributed by atoms with Crippen LogP contribution in [0, 0.1) is 0 Å². The number of carbonyl (C=O) groups excluding carboxylic acids is 2. The molecule has 0 aromatic heterocycles. The highest BCUT2D eigenvalue weighted by molar-refractivity contribution is 9.10. The van der Waals surface area contributed by atoms with Gasteiger partial charge in [0.2, 0.25) is 5.78 Å². The van der Waals surface area contributed by atoms with E-state index in [2.05, 4.69) is 31.9 Å². The standard InChI is InChI=1S/C16H12Br2O3/c1-10(15(19)11-2-6-13(17)7-3-11)21-16(20)12-4-8-14(18)9-5-12/h2-10H,1H3/t10-/m1/s1. The van der Waals surface area contributed by atoms with E-state index in [1.807, 2.05) is 0 Å². The van der Waals surface area contributed by atoms with E-state index in [-0.39, 0.29) is 5.78 Å². The molecule has 0 aliphatic heterocycles. The van der Waals surface area contributed by atoms with Crippen molar-refractivity contribution >= 4 is 43.6 Å². The van der Waals surface area contributed by atoms with Gasteiger partial charge in [-0.05, 0) is 43.3 Å². The molecule has 0 N–H and O–H groups in total. The Labute approximate surface area is 139 Å². The van der Waals surface area contributed by atoms with Crippen LogP contribution >= 0.6 is 31.9 Å². The first-order chi connectivity index (χ1) is 9.97. The zero-order valence-electron chi connectivity index (χ0n) is 11.2. The van der Waals surface area contributed by atoms with Crippen molar-refractivity contribution in [3.8, 4) is 0 Å². The fraction of sp³-hybridized carbons (Fsp3) is 0.125.